The van der Waals surface area contributed by atoms with E-state index in [1.165, 1.54) is 5.56 Å². The Morgan fingerprint density at radius 3 is 2.38 bits per heavy atom. The van der Waals surface area contributed by atoms with Crippen LogP contribution in [-0.4, -0.2) is 48.7 Å². The monoisotopic (exact) mass is 445 g/mol. The fourth-order valence-corrected chi connectivity index (χ4v) is 4.41. The minimum atomic E-state index is -0.819. The number of benzene rings is 1. The van der Waals surface area contributed by atoms with Crippen LogP contribution in [0.3, 0.4) is 0 Å². The summed E-state index contributed by atoms with van der Waals surface area (Å²) in [6, 6.07) is 10.6. The summed E-state index contributed by atoms with van der Waals surface area (Å²) in [6.45, 7) is 10.6. The average Bonchev–Trinajstić information content (AvgIpc) is 2.67. The van der Waals surface area contributed by atoms with E-state index in [4.69, 9.17) is 10.5 Å². The first-order valence-corrected chi connectivity index (χ1v) is 10.3. The number of nitrogens with two attached hydrogens (primary N) is 1. The highest BCUT2D eigenvalue weighted by Gasteiger charge is 2.62. The number of carbonyl (C=O) groups is 1. The molecule has 1 aliphatic heterocycles. The van der Waals surface area contributed by atoms with Crippen molar-refractivity contribution < 1.29 is 9.53 Å². The van der Waals surface area contributed by atoms with Crippen molar-refractivity contribution >= 4 is 30.7 Å². The summed E-state index contributed by atoms with van der Waals surface area (Å²) in [4.78, 5) is 15.3. The van der Waals surface area contributed by atoms with Crippen LogP contribution in [-0.2, 0) is 16.1 Å². The van der Waals surface area contributed by atoms with Crippen molar-refractivity contribution in [1.82, 2.24) is 10.2 Å². The number of rotatable bonds is 7. The molecule has 2 fully saturated rings. The molecule has 5 nitrogen and oxygen atoms in total. The van der Waals surface area contributed by atoms with Crippen molar-refractivity contribution in [3.63, 3.8) is 0 Å². The lowest BCUT2D eigenvalue weighted by Crippen LogP contribution is -2.75. The lowest BCUT2D eigenvalue weighted by Gasteiger charge is -2.57. The molecule has 1 amide bonds. The number of nitrogens with one attached hydrogen (secondary N) is 1. The number of piperidine rings is 1. The van der Waals surface area contributed by atoms with Gasteiger partial charge in [-0.25, -0.2) is 0 Å². The van der Waals surface area contributed by atoms with Gasteiger partial charge in [0.2, 0.25) is 5.91 Å². The minimum absolute atomic E-state index is 0. The Hall–Kier alpha value is -0.850. The van der Waals surface area contributed by atoms with Gasteiger partial charge in [0.15, 0.2) is 0 Å². The maximum absolute atomic E-state index is 12.8. The van der Waals surface area contributed by atoms with E-state index in [9.17, 15) is 4.79 Å². The maximum Gasteiger partial charge on any atom is 0.240 e. The van der Waals surface area contributed by atoms with Crippen LogP contribution in [0.2, 0.25) is 0 Å². The van der Waals surface area contributed by atoms with Crippen LogP contribution < -0.4 is 11.1 Å². The second-order valence-corrected chi connectivity index (χ2v) is 8.76. The molecule has 1 aromatic rings. The van der Waals surface area contributed by atoms with Crippen LogP contribution in [0.5, 0.6) is 0 Å². The average molecular weight is 446 g/mol. The molecular weight excluding hydrogens is 409 g/mol. The molecule has 166 valence electrons. The first kappa shape index (κ1) is 26.2. The van der Waals surface area contributed by atoms with E-state index in [-0.39, 0.29) is 42.2 Å². The van der Waals surface area contributed by atoms with E-state index < -0.39 is 5.54 Å². The van der Waals surface area contributed by atoms with Crippen molar-refractivity contribution in [1.29, 1.82) is 0 Å². The molecule has 3 rings (SSSR count). The third-order valence-electron chi connectivity index (χ3n) is 6.74. The van der Waals surface area contributed by atoms with Gasteiger partial charge in [-0.2, -0.15) is 0 Å². The van der Waals surface area contributed by atoms with Gasteiger partial charge in [-0.05, 0) is 44.3 Å². The highest BCUT2D eigenvalue weighted by molar-refractivity contribution is 5.88. The first-order valence-electron chi connectivity index (χ1n) is 10.3. The van der Waals surface area contributed by atoms with Crippen LogP contribution in [0.4, 0.5) is 0 Å². The smallest absolute Gasteiger partial charge is 0.240 e. The van der Waals surface area contributed by atoms with Crippen LogP contribution in [0.25, 0.3) is 0 Å². The van der Waals surface area contributed by atoms with E-state index in [1.54, 1.807) is 0 Å². The Kier molecular flexibility index (Phi) is 9.90. The molecule has 0 radical (unpaired) electrons. The minimum Gasteiger partial charge on any atom is -0.378 e. The van der Waals surface area contributed by atoms with Gasteiger partial charge in [-0.1, -0.05) is 44.2 Å². The number of carbonyl (C=O) groups excluding carboxylic acids is 1. The quantitative estimate of drug-likeness (QED) is 0.674. The maximum atomic E-state index is 12.8. The van der Waals surface area contributed by atoms with Crippen LogP contribution in [0.1, 0.15) is 45.6 Å². The number of nitrogens with zero attached hydrogens (tertiary/aromatic N) is 1. The predicted octanol–water partition coefficient (Wildman–Crippen LogP) is 3.39. The van der Waals surface area contributed by atoms with E-state index in [2.05, 4.69) is 40.5 Å². The molecule has 2 atom stereocenters. The van der Waals surface area contributed by atoms with Crippen molar-refractivity contribution in [3.05, 3.63) is 35.9 Å². The molecule has 1 saturated carbocycles. The second-order valence-electron chi connectivity index (χ2n) is 8.76. The molecular formula is C22H37Cl2N3O2. The lowest BCUT2D eigenvalue weighted by atomic mass is 9.54. The van der Waals surface area contributed by atoms with Gasteiger partial charge in [0.25, 0.3) is 0 Å². The van der Waals surface area contributed by atoms with Gasteiger partial charge in [0.1, 0.15) is 5.54 Å². The molecule has 1 aromatic carbocycles. The van der Waals surface area contributed by atoms with Gasteiger partial charge in [-0.3, -0.25) is 9.69 Å². The highest BCUT2D eigenvalue weighted by atomic mass is 35.5. The molecule has 29 heavy (non-hydrogen) atoms. The van der Waals surface area contributed by atoms with E-state index >= 15 is 0 Å². The fourth-order valence-electron chi connectivity index (χ4n) is 4.41. The Labute approximate surface area is 187 Å². The van der Waals surface area contributed by atoms with Crippen molar-refractivity contribution in [3.8, 4) is 0 Å². The van der Waals surface area contributed by atoms with Crippen LogP contribution in [0.15, 0.2) is 30.3 Å². The number of hydrogen-bond donors (Lipinski definition) is 2. The van der Waals surface area contributed by atoms with Gasteiger partial charge in [0.05, 0.1) is 6.10 Å². The molecule has 0 bridgehead atoms. The largest absolute Gasteiger partial charge is 0.378 e. The first-order chi connectivity index (χ1) is 12.9. The van der Waals surface area contributed by atoms with E-state index in [0.717, 1.165) is 39.0 Å². The lowest BCUT2D eigenvalue weighted by molar-refractivity contribution is -0.170. The number of likely N-dealkylation sites (tertiary alicyclic amines) is 1. The summed E-state index contributed by atoms with van der Waals surface area (Å²) in [5.74, 6) is 0.519. The highest BCUT2D eigenvalue weighted by Crippen LogP contribution is 2.49. The van der Waals surface area contributed by atoms with Gasteiger partial charge < -0.3 is 15.8 Å². The van der Waals surface area contributed by atoms with Gasteiger partial charge >= 0.3 is 0 Å². The van der Waals surface area contributed by atoms with E-state index in [1.807, 2.05) is 20.8 Å². The summed E-state index contributed by atoms with van der Waals surface area (Å²) in [7, 11) is 0. The Bertz CT molecular complexity index is 636. The molecule has 1 heterocycles. The Balaban J connectivity index is 0.00000210. The molecule has 1 aliphatic carbocycles. The standard InChI is InChI=1S/C22H35N3O2.2ClH/c1-4-27-19-14-22(23,21(19,2)3)20(26)24-15-17-10-12-25(13-11-17)16-18-8-6-5-7-9-18;;/h5-9,17,19H,4,10-16,23H2,1-3H3,(H,24,26);2*1H. The van der Waals surface area contributed by atoms with Crippen molar-refractivity contribution in [2.24, 2.45) is 17.1 Å². The van der Waals surface area contributed by atoms with Crippen LogP contribution in [0, 0.1) is 11.3 Å². The second kappa shape index (κ2) is 11.0. The molecule has 2 unspecified atom stereocenters. The summed E-state index contributed by atoms with van der Waals surface area (Å²) in [6.07, 6.45) is 2.92. The fraction of sp³-hybridized carbons (Fsp3) is 0.682. The molecule has 7 heteroatoms. The summed E-state index contributed by atoms with van der Waals surface area (Å²) in [5, 5.41) is 3.14. The zero-order chi connectivity index (χ0) is 19.5. The third-order valence-corrected chi connectivity index (χ3v) is 6.74. The molecule has 3 N–H and O–H groups in total. The molecule has 1 saturated heterocycles. The van der Waals surface area contributed by atoms with Crippen molar-refractivity contribution in [2.45, 2.75) is 58.2 Å². The zero-order valence-electron chi connectivity index (χ0n) is 17.9. The molecule has 0 spiro atoms. The molecule has 2 aliphatic rings. The topological polar surface area (TPSA) is 67.6 Å². The molecule has 0 aromatic heterocycles. The van der Waals surface area contributed by atoms with Gasteiger partial charge in [-0.15, -0.1) is 24.8 Å². The zero-order valence-corrected chi connectivity index (χ0v) is 19.5. The summed E-state index contributed by atoms with van der Waals surface area (Å²) >= 11 is 0. The number of halogens is 2. The summed E-state index contributed by atoms with van der Waals surface area (Å²) in [5.41, 5.74) is 6.69. The third kappa shape index (κ3) is 5.65. The normalized spacial score (nSPS) is 26.6. The predicted molar refractivity (Wildman–Crippen MR) is 123 cm³/mol. The SMILES string of the molecule is CCOC1CC(N)(C(=O)NCC2CCN(Cc3ccccc3)CC2)C1(C)C.Cl.Cl. The van der Waals surface area contributed by atoms with Gasteiger partial charge in [0, 0.05) is 31.5 Å². The van der Waals surface area contributed by atoms with Crippen LogP contribution >= 0.6 is 24.8 Å². The van der Waals surface area contributed by atoms with Crippen molar-refractivity contribution in [2.75, 3.05) is 26.2 Å². The summed E-state index contributed by atoms with van der Waals surface area (Å²) < 4.78 is 5.73. The Morgan fingerprint density at radius 1 is 1.21 bits per heavy atom. The van der Waals surface area contributed by atoms with E-state index in [0.29, 0.717) is 18.9 Å². The number of hydrogen-bond acceptors (Lipinski definition) is 4. The number of ether oxygens (including phenoxy) is 1. The Morgan fingerprint density at radius 2 is 1.83 bits per heavy atom. The number of amides is 1.